The van der Waals surface area contributed by atoms with Crippen LogP contribution in [0.15, 0.2) is 42.6 Å². The first-order valence-electron chi connectivity index (χ1n) is 9.86. The number of aliphatic hydroxyl groups is 1. The van der Waals surface area contributed by atoms with Crippen molar-refractivity contribution in [3.8, 4) is 28.5 Å². The van der Waals surface area contributed by atoms with Crippen LogP contribution in [0.2, 0.25) is 5.02 Å². The molecule has 1 aliphatic rings. The Balaban J connectivity index is 2.03. The zero-order valence-corrected chi connectivity index (χ0v) is 18.5. The van der Waals surface area contributed by atoms with Gasteiger partial charge in [0.25, 0.3) is 0 Å². The highest BCUT2D eigenvalue weighted by Gasteiger charge is 2.52. The van der Waals surface area contributed by atoms with Crippen molar-refractivity contribution in [2.75, 3.05) is 20.8 Å². The molecule has 4 rings (SSSR count). The monoisotopic (exact) mass is 473 g/mol. The average Bonchev–Trinajstić information content (AvgIpc) is 3.11. The average molecular weight is 474 g/mol. The topological polar surface area (TPSA) is 130 Å². The van der Waals surface area contributed by atoms with E-state index < -0.39 is 23.4 Å². The first-order chi connectivity index (χ1) is 15.8. The summed E-state index contributed by atoms with van der Waals surface area (Å²) in [5.41, 5.74) is 10.4. The molecule has 0 radical (unpaired) electrons. The molecule has 1 amide bonds. The number of methoxy groups -OCH3 is 2. The third-order valence-electron chi connectivity index (χ3n) is 5.73. The van der Waals surface area contributed by atoms with Crippen LogP contribution in [-0.4, -0.2) is 36.8 Å². The van der Waals surface area contributed by atoms with Crippen molar-refractivity contribution in [2.45, 2.75) is 11.7 Å². The molecule has 10 heteroatoms. The zero-order valence-electron chi connectivity index (χ0n) is 17.8. The number of halogens is 2. The van der Waals surface area contributed by atoms with E-state index in [0.29, 0.717) is 5.56 Å². The number of pyridine rings is 1. The number of nitrogens with two attached hydrogens (primary N) is 2. The van der Waals surface area contributed by atoms with E-state index in [9.17, 15) is 9.90 Å². The summed E-state index contributed by atoms with van der Waals surface area (Å²) in [5, 5.41) is 11.6. The van der Waals surface area contributed by atoms with E-state index in [-0.39, 0.29) is 51.2 Å². The lowest BCUT2D eigenvalue weighted by Gasteiger charge is -2.31. The second-order valence-electron chi connectivity index (χ2n) is 7.36. The van der Waals surface area contributed by atoms with Crippen molar-refractivity contribution < 1.29 is 28.5 Å². The smallest absolute Gasteiger partial charge is 0.249 e. The molecule has 33 heavy (non-hydrogen) atoms. The molecular weight excluding hydrogens is 453 g/mol. The largest absolute Gasteiger partial charge is 0.494 e. The number of benzene rings is 2. The zero-order chi connectivity index (χ0) is 23.9. The summed E-state index contributed by atoms with van der Waals surface area (Å²) in [6.45, 7) is -0.175. The maximum atomic E-state index is 15.5. The Hall–Kier alpha value is -3.40. The van der Waals surface area contributed by atoms with Gasteiger partial charge in [-0.25, -0.2) is 9.37 Å². The lowest BCUT2D eigenvalue weighted by Crippen LogP contribution is -2.43. The maximum Gasteiger partial charge on any atom is 0.249 e. The molecule has 0 aliphatic carbocycles. The number of fused-ring (bicyclic) bond motifs is 1. The minimum atomic E-state index is -1.51. The number of hydrogen-bond acceptors (Lipinski definition) is 7. The van der Waals surface area contributed by atoms with E-state index in [0.717, 1.165) is 0 Å². The van der Waals surface area contributed by atoms with Crippen LogP contribution in [0, 0.1) is 5.82 Å². The Morgan fingerprint density at radius 2 is 2.00 bits per heavy atom. The Labute approximate surface area is 193 Å². The summed E-state index contributed by atoms with van der Waals surface area (Å²) < 4.78 is 32.1. The summed E-state index contributed by atoms with van der Waals surface area (Å²) in [5.74, 6) is -1.46. The van der Waals surface area contributed by atoms with Crippen molar-refractivity contribution in [3.63, 3.8) is 0 Å². The summed E-state index contributed by atoms with van der Waals surface area (Å²) in [4.78, 5) is 16.3. The summed E-state index contributed by atoms with van der Waals surface area (Å²) >= 11 is 6.50. The number of hydrogen-bond donors (Lipinski definition) is 3. The Morgan fingerprint density at radius 3 is 2.64 bits per heavy atom. The number of carbonyl (C=O) groups excluding carboxylic acids is 1. The predicted molar refractivity (Wildman–Crippen MR) is 119 cm³/mol. The van der Waals surface area contributed by atoms with Gasteiger partial charge in [-0.05, 0) is 36.4 Å². The lowest BCUT2D eigenvalue weighted by molar-refractivity contribution is -0.0274. The van der Waals surface area contributed by atoms with Crippen molar-refractivity contribution in [1.82, 2.24) is 4.98 Å². The molecule has 3 aromatic rings. The first kappa shape index (κ1) is 22.8. The molecule has 5 N–H and O–H groups in total. The fourth-order valence-corrected chi connectivity index (χ4v) is 4.44. The van der Waals surface area contributed by atoms with Crippen molar-refractivity contribution in [1.29, 1.82) is 0 Å². The molecule has 0 fully saturated rings. The Bertz CT molecular complexity index is 1260. The molecule has 8 nitrogen and oxygen atoms in total. The fourth-order valence-electron chi connectivity index (χ4n) is 4.18. The van der Waals surface area contributed by atoms with Gasteiger partial charge >= 0.3 is 0 Å². The van der Waals surface area contributed by atoms with Gasteiger partial charge in [0.2, 0.25) is 11.8 Å². The highest BCUT2D eigenvalue weighted by molar-refractivity contribution is 6.34. The normalized spacial score (nSPS) is 19.0. The van der Waals surface area contributed by atoms with Crippen molar-refractivity contribution in [3.05, 3.63) is 70.1 Å². The number of primary amides is 1. The van der Waals surface area contributed by atoms with E-state index in [1.807, 2.05) is 0 Å². The van der Waals surface area contributed by atoms with Crippen LogP contribution >= 0.6 is 11.6 Å². The van der Waals surface area contributed by atoms with Gasteiger partial charge in [0.15, 0.2) is 17.2 Å². The lowest BCUT2D eigenvalue weighted by atomic mass is 9.83. The SMILES string of the molecule is COc1ccc(C(N)=O)c(-c2c(Cl)ccc3c2C(O)C(CN)(c2cccnc2OC)O3)c1F. The van der Waals surface area contributed by atoms with E-state index in [1.165, 1.54) is 44.7 Å². The standard InChI is InChI=1S/C23H21ClFN3O5/c1-31-15-7-5-11(21(27)30)16(19(15)25)17-13(24)6-8-14-18(17)20(29)23(10-26,33-14)12-4-3-9-28-22(12)32-2/h3-9,20,29H,10,26H2,1-2H3,(H2,27,30). The molecule has 0 bridgehead atoms. The summed E-state index contributed by atoms with van der Waals surface area (Å²) in [6, 6.07) is 8.93. The number of aliphatic hydroxyl groups excluding tert-OH is 1. The molecule has 0 saturated carbocycles. The van der Waals surface area contributed by atoms with E-state index in [1.54, 1.807) is 12.1 Å². The van der Waals surface area contributed by atoms with Gasteiger partial charge < -0.3 is 30.8 Å². The van der Waals surface area contributed by atoms with Gasteiger partial charge in [-0.3, -0.25) is 4.79 Å². The highest BCUT2D eigenvalue weighted by atomic mass is 35.5. The Kier molecular flexibility index (Phi) is 5.87. The summed E-state index contributed by atoms with van der Waals surface area (Å²) in [7, 11) is 2.72. The molecule has 1 aliphatic heterocycles. The number of aromatic nitrogens is 1. The molecule has 172 valence electrons. The van der Waals surface area contributed by atoms with Gasteiger partial charge in [-0.15, -0.1) is 0 Å². The number of rotatable bonds is 6. The molecule has 2 unspecified atom stereocenters. The molecule has 1 aromatic heterocycles. The van der Waals surface area contributed by atoms with E-state index in [4.69, 9.17) is 37.3 Å². The molecule has 2 aromatic carbocycles. The van der Waals surface area contributed by atoms with Gasteiger partial charge in [0.05, 0.1) is 25.3 Å². The second kappa shape index (κ2) is 8.51. The summed E-state index contributed by atoms with van der Waals surface area (Å²) in [6.07, 6.45) is 0.101. The van der Waals surface area contributed by atoms with Crippen molar-refractivity contribution >= 4 is 17.5 Å². The quantitative estimate of drug-likeness (QED) is 0.501. The molecular formula is C23H21ClFN3O5. The molecule has 2 heterocycles. The number of ether oxygens (including phenoxy) is 3. The van der Waals surface area contributed by atoms with Gasteiger partial charge in [-0.1, -0.05) is 11.6 Å². The number of nitrogens with zero attached hydrogens (tertiary/aromatic N) is 1. The third kappa shape index (κ3) is 3.36. The van der Waals surface area contributed by atoms with Gasteiger partial charge in [0.1, 0.15) is 11.9 Å². The third-order valence-corrected chi connectivity index (χ3v) is 6.04. The molecule has 0 saturated heterocycles. The van der Waals surface area contributed by atoms with Crippen LogP contribution < -0.4 is 25.7 Å². The maximum absolute atomic E-state index is 15.5. The Morgan fingerprint density at radius 1 is 1.24 bits per heavy atom. The van der Waals surface area contributed by atoms with Crippen LogP contribution in [0.25, 0.3) is 11.1 Å². The van der Waals surface area contributed by atoms with Gasteiger partial charge in [-0.2, -0.15) is 0 Å². The van der Waals surface area contributed by atoms with Crippen LogP contribution in [0.1, 0.15) is 27.6 Å². The second-order valence-corrected chi connectivity index (χ2v) is 7.77. The molecule has 2 atom stereocenters. The van der Waals surface area contributed by atoms with Crippen LogP contribution in [-0.2, 0) is 5.60 Å². The van der Waals surface area contributed by atoms with Crippen molar-refractivity contribution in [2.24, 2.45) is 11.5 Å². The minimum absolute atomic E-state index is 0.0463. The van der Waals surface area contributed by atoms with Gasteiger partial charge in [0, 0.05) is 34.5 Å². The number of carbonyl (C=O) groups is 1. The van der Waals surface area contributed by atoms with Crippen LogP contribution in [0.5, 0.6) is 17.4 Å². The number of amides is 1. The van der Waals surface area contributed by atoms with E-state index in [2.05, 4.69) is 4.98 Å². The predicted octanol–water partition coefficient (Wildman–Crippen LogP) is 2.94. The highest BCUT2D eigenvalue weighted by Crippen LogP contribution is 2.55. The van der Waals surface area contributed by atoms with E-state index >= 15 is 4.39 Å². The van der Waals surface area contributed by atoms with Crippen LogP contribution in [0.3, 0.4) is 0 Å². The fraction of sp³-hybridized carbons (Fsp3) is 0.217. The first-order valence-corrected chi connectivity index (χ1v) is 10.2. The minimum Gasteiger partial charge on any atom is -0.494 e. The molecule has 0 spiro atoms. The van der Waals surface area contributed by atoms with Crippen LogP contribution in [0.4, 0.5) is 4.39 Å².